The van der Waals surface area contributed by atoms with Crippen molar-refractivity contribution in [1.29, 1.82) is 0 Å². The first-order valence-corrected chi connectivity index (χ1v) is 7.42. The van der Waals surface area contributed by atoms with Gasteiger partial charge in [-0.05, 0) is 42.5 Å². The molecule has 0 N–H and O–H groups in total. The molecular weight excluding hydrogens is 306 g/mol. The first kappa shape index (κ1) is 16.1. The van der Waals surface area contributed by atoms with Crippen LogP contribution in [0, 0.1) is 0 Å². The zero-order valence-electron chi connectivity index (χ0n) is 12.2. The fraction of sp³-hybridized carbons (Fsp3) is 0.267. The van der Waals surface area contributed by atoms with E-state index in [0.717, 1.165) is 22.2 Å². The quantitative estimate of drug-likeness (QED) is 0.612. The summed E-state index contributed by atoms with van der Waals surface area (Å²) < 4.78 is 9.81. The van der Waals surface area contributed by atoms with Crippen LogP contribution in [-0.4, -0.2) is 42.3 Å². The molecule has 0 aromatic heterocycles. The first-order valence-electron chi connectivity index (χ1n) is 6.60. The lowest BCUT2D eigenvalue weighted by molar-refractivity contribution is -0.145. The summed E-state index contributed by atoms with van der Waals surface area (Å²) in [6, 6.07) is 7.07. The van der Waals surface area contributed by atoms with Crippen LogP contribution in [0.15, 0.2) is 29.2 Å². The van der Waals surface area contributed by atoms with E-state index in [1.807, 2.05) is 0 Å². The summed E-state index contributed by atoms with van der Waals surface area (Å²) in [5.74, 6) is -0.387. The highest BCUT2D eigenvalue weighted by Gasteiger charge is 2.36. The Morgan fingerprint density at radius 2 is 1.95 bits per heavy atom. The number of esters is 1. The largest absolute Gasteiger partial charge is 0.497 e. The van der Waals surface area contributed by atoms with Gasteiger partial charge >= 0.3 is 5.97 Å². The molecule has 0 aliphatic carbocycles. The molecule has 1 aromatic carbocycles. The monoisotopic (exact) mass is 321 g/mol. The highest BCUT2D eigenvalue weighted by atomic mass is 32.2. The number of carbonyl (C=O) groups is 3. The number of amides is 2. The molecule has 0 unspecified atom stereocenters. The lowest BCUT2D eigenvalue weighted by Gasteiger charge is -2.10. The fourth-order valence-electron chi connectivity index (χ4n) is 1.82. The average Bonchev–Trinajstić information content (AvgIpc) is 2.76. The van der Waals surface area contributed by atoms with E-state index in [9.17, 15) is 14.4 Å². The molecule has 116 valence electrons. The molecule has 1 aliphatic rings. The Kier molecular flexibility index (Phi) is 5.21. The molecule has 1 heterocycles. The maximum absolute atomic E-state index is 12.2. The summed E-state index contributed by atoms with van der Waals surface area (Å²) in [5, 5.41) is -0.474. The zero-order chi connectivity index (χ0) is 16.1. The Bertz CT molecular complexity index is 623. The van der Waals surface area contributed by atoms with Crippen LogP contribution in [0.1, 0.15) is 12.5 Å². The number of nitrogens with zero attached hydrogens (tertiary/aromatic N) is 1. The summed E-state index contributed by atoms with van der Waals surface area (Å²) >= 11 is 0.806. The molecule has 1 aromatic rings. The van der Waals surface area contributed by atoms with Crippen molar-refractivity contribution >= 4 is 35.0 Å². The fourth-order valence-corrected chi connectivity index (χ4v) is 2.66. The summed E-state index contributed by atoms with van der Waals surface area (Å²) in [6.07, 6.45) is 1.61. The second-order valence-electron chi connectivity index (χ2n) is 4.35. The minimum Gasteiger partial charge on any atom is -0.497 e. The summed E-state index contributed by atoms with van der Waals surface area (Å²) in [7, 11) is 1.57. The maximum atomic E-state index is 12.2. The van der Waals surface area contributed by atoms with E-state index >= 15 is 0 Å². The van der Waals surface area contributed by atoms with Crippen molar-refractivity contribution in [3.63, 3.8) is 0 Å². The third kappa shape index (κ3) is 3.67. The van der Waals surface area contributed by atoms with Crippen molar-refractivity contribution in [2.45, 2.75) is 6.92 Å². The van der Waals surface area contributed by atoms with Crippen LogP contribution < -0.4 is 4.74 Å². The van der Waals surface area contributed by atoms with Gasteiger partial charge in [-0.15, -0.1) is 0 Å². The second-order valence-corrected chi connectivity index (χ2v) is 5.34. The third-order valence-electron chi connectivity index (χ3n) is 2.88. The van der Waals surface area contributed by atoms with E-state index < -0.39 is 17.1 Å². The molecule has 0 spiro atoms. The predicted octanol–water partition coefficient (Wildman–Crippen LogP) is 2.29. The van der Waals surface area contributed by atoms with Gasteiger partial charge < -0.3 is 9.47 Å². The van der Waals surface area contributed by atoms with Gasteiger partial charge in [0.05, 0.1) is 18.6 Å². The molecule has 0 saturated carbocycles. The summed E-state index contributed by atoms with van der Waals surface area (Å²) in [5.41, 5.74) is 0.766. The second kappa shape index (κ2) is 7.13. The minimum absolute atomic E-state index is 0.205. The van der Waals surface area contributed by atoms with Gasteiger partial charge in [0.25, 0.3) is 11.1 Å². The average molecular weight is 321 g/mol. The van der Waals surface area contributed by atoms with Crippen molar-refractivity contribution < 1.29 is 23.9 Å². The first-order chi connectivity index (χ1) is 10.5. The van der Waals surface area contributed by atoms with Gasteiger partial charge in [0.2, 0.25) is 0 Å². The number of ether oxygens (including phenoxy) is 2. The number of imide groups is 1. The molecule has 0 atom stereocenters. The number of carbonyl (C=O) groups excluding carboxylic acids is 3. The molecule has 2 amide bonds. The SMILES string of the molecule is CCOC(=O)CN1C(=O)SC(=Cc2ccc(OC)cc2)C1=O. The third-order valence-corrected chi connectivity index (χ3v) is 3.79. The minimum atomic E-state index is -0.601. The van der Waals surface area contributed by atoms with Crippen LogP contribution in [0.4, 0.5) is 4.79 Å². The van der Waals surface area contributed by atoms with Crippen LogP contribution in [0.25, 0.3) is 6.08 Å². The Morgan fingerprint density at radius 1 is 1.27 bits per heavy atom. The Labute approximate surface area is 132 Å². The number of rotatable bonds is 5. The van der Waals surface area contributed by atoms with Crippen molar-refractivity contribution in [2.75, 3.05) is 20.3 Å². The standard InChI is InChI=1S/C15H15NO5S/c1-3-21-13(17)9-16-14(18)12(22-15(16)19)8-10-4-6-11(20-2)7-5-10/h4-8H,3,9H2,1-2H3. The molecule has 7 heteroatoms. The van der Waals surface area contributed by atoms with Crippen LogP contribution >= 0.6 is 11.8 Å². The van der Waals surface area contributed by atoms with E-state index in [0.29, 0.717) is 5.75 Å². The van der Waals surface area contributed by atoms with Crippen LogP contribution in [0.3, 0.4) is 0 Å². The molecule has 0 bridgehead atoms. The Morgan fingerprint density at radius 3 is 2.55 bits per heavy atom. The zero-order valence-corrected chi connectivity index (χ0v) is 13.0. The molecule has 1 saturated heterocycles. The lowest BCUT2D eigenvalue weighted by Crippen LogP contribution is -2.34. The Hall–Kier alpha value is -2.28. The van der Waals surface area contributed by atoms with Crippen molar-refractivity contribution in [1.82, 2.24) is 4.90 Å². The molecule has 1 fully saturated rings. The van der Waals surface area contributed by atoms with Crippen LogP contribution in [0.5, 0.6) is 5.75 Å². The number of thioether (sulfide) groups is 1. The van der Waals surface area contributed by atoms with Gasteiger partial charge in [0.1, 0.15) is 12.3 Å². The topological polar surface area (TPSA) is 72.9 Å². The molecule has 2 rings (SSSR count). The van der Waals surface area contributed by atoms with Crippen LogP contribution in [0.2, 0.25) is 0 Å². The summed E-state index contributed by atoms with van der Waals surface area (Å²) in [4.78, 5) is 36.6. The smallest absolute Gasteiger partial charge is 0.326 e. The van der Waals surface area contributed by atoms with Crippen molar-refractivity contribution in [3.8, 4) is 5.75 Å². The normalized spacial score (nSPS) is 16.3. The van der Waals surface area contributed by atoms with Gasteiger partial charge in [0.15, 0.2) is 0 Å². The highest BCUT2D eigenvalue weighted by Crippen LogP contribution is 2.32. The van der Waals surface area contributed by atoms with Crippen LogP contribution in [-0.2, 0) is 14.3 Å². The molecule has 1 aliphatic heterocycles. The van der Waals surface area contributed by atoms with E-state index in [1.54, 1.807) is 44.4 Å². The molecule has 22 heavy (non-hydrogen) atoms. The highest BCUT2D eigenvalue weighted by molar-refractivity contribution is 8.18. The van der Waals surface area contributed by atoms with Gasteiger partial charge in [-0.3, -0.25) is 19.3 Å². The van der Waals surface area contributed by atoms with Gasteiger partial charge in [-0.25, -0.2) is 0 Å². The van der Waals surface area contributed by atoms with Crippen molar-refractivity contribution in [2.24, 2.45) is 0 Å². The molecule has 6 nitrogen and oxygen atoms in total. The summed E-state index contributed by atoms with van der Waals surface area (Å²) in [6.45, 7) is 1.50. The van der Waals surface area contributed by atoms with Gasteiger partial charge in [0, 0.05) is 0 Å². The van der Waals surface area contributed by atoms with Gasteiger partial charge in [-0.1, -0.05) is 12.1 Å². The number of benzene rings is 1. The van der Waals surface area contributed by atoms with E-state index in [2.05, 4.69) is 0 Å². The predicted molar refractivity (Wildman–Crippen MR) is 82.3 cm³/mol. The van der Waals surface area contributed by atoms with E-state index in [4.69, 9.17) is 9.47 Å². The van der Waals surface area contributed by atoms with Gasteiger partial charge in [-0.2, -0.15) is 0 Å². The van der Waals surface area contributed by atoms with E-state index in [-0.39, 0.29) is 18.1 Å². The number of hydrogen-bond acceptors (Lipinski definition) is 6. The van der Waals surface area contributed by atoms with E-state index in [1.165, 1.54) is 0 Å². The number of hydrogen-bond donors (Lipinski definition) is 0. The molecular formula is C15H15NO5S. The number of methoxy groups -OCH3 is 1. The van der Waals surface area contributed by atoms with Crippen molar-refractivity contribution in [3.05, 3.63) is 34.7 Å². The maximum Gasteiger partial charge on any atom is 0.326 e. The lowest BCUT2D eigenvalue weighted by atomic mass is 10.2. The molecule has 0 radical (unpaired) electrons. The Balaban J connectivity index is 2.12.